The first-order chi connectivity index (χ1) is 2.41. The fraction of sp³-hybridized carbons (Fsp3) is 0. The van der Waals surface area contributed by atoms with Crippen LogP contribution in [0.15, 0.2) is 3.50 Å². The van der Waals surface area contributed by atoms with Crippen molar-refractivity contribution in [2.75, 3.05) is 0 Å². The summed E-state index contributed by atoms with van der Waals surface area (Å²) < 4.78 is 2.69. The molecule has 4 nitrogen and oxygen atoms in total. The SMILES string of the molecule is OOO[N]=[Ag]. The van der Waals surface area contributed by atoms with E-state index in [4.69, 9.17) is 5.26 Å². The Hall–Kier alpha value is 0.420. The van der Waals surface area contributed by atoms with Gasteiger partial charge in [-0.15, -0.1) is 0 Å². The van der Waals surface area contributed by atoms with Gasteiger partial charge in [-0.05, 0) is 0 Å². The van der Waals surface area contributed by atoms with E-state index in [1.54, 1.807) is 0 Å². The van der Waals surface area contributed by atoms with E-state index in [1.165, 1.54) is 0 Å². The Morgan fingerprint density at radius 1 is 1.80 bits per heavy atom. The van der Waals surface area contributed by atoms with Crippen LogP contribution in [-0.2, 0) is 30.9 Å². The van der Waals surface area contributed by atoms with Gasteiger partial charge < -0.3 is 0 Å². The second kappa shape index (κ2) is 4.42. The van der Waals surface area contributed by atoms with E-state index in [9.17, 15) is 0 Å². The summed E-state index contributed by atoms with van der Waals surface area (Å²) in [6, 6.07) is 0. The van der Waals surface area contributed by atoms with Crippen LogP contribution in [0.3, 0.4) is 0 Å². The first kappa shape index (κ1) is 5.42. The molecule has 0 aliphatic rings. The molecule has 0 bridgehead atoms. The molecule has 0 aromatic carbocycles. The molecule has 0 saturated heterocycles. The van der Waals surface area contributed by atoms with Crippen LogP contribution in [0.1, 0.15) is 0 Å². The summed E-state index contributed by atoms with van der Waals surface area (Å²) in [5.74, 6) is 0. The van der Waals surface area contributed by atoms with Crippen molar-refractivity contribution in [2.24, 2.45) is 3.50 Å². The Bertz CT molecular complexity index is 28.1. The van der Waals surface area contributed by atoms with Crippen molar-refractivity contribution in [1.82, 2.24) is 0 Å². The van der Waals surface area contributed by atoms with Gasteiger partial charge in [-0.2, -0.15) is 0 Å². The molecular weight excluding hydrogens is 170 g/mol. The second-order valence-electron chi connectivity index (χ2n) is 0.204. The molecule has 0 rings (SSSR count). The molecular formula is HAgNO3. The molecule has 0 saturated carbocycles. The van der Waals surface area contributed by atoms with Crippen molar-refractivity contribution < 1.29 is 36.2 Å². The minimum absolute atomic E-state index is 2.44. The molecule has 0 aromatic rings. The molecule has 0 aliphatic carbocycles. The van der Waals surface area contributed by atoms with Crippen LogP contribution in [0.2, 0.25) is 0 Å². The van der Waals surface area contributed by atoms with Gasteiger partial charge in [0.2, 0.25) is 0 Å². The van der Waals surface area contributed by atoms with Gasteiger partial charge in [0.1, 0.15) is 0 Å². The summed E-state index contributed by atoms with van der Waals surface area (Å²) in [5, 5.41) is 10.2. The number of hydrogen-bond donors (Lipinski definition) is 1. The Labute approximate surface area is 40.3 Å². The maximum absolute atomic E-state index is 7.22. The average molecular weight is 171 g/mol. The Morgan fingerprint density at radius 3 is 2.40 bits per heavy atom. The third kappa shape index (κ3) is 4.42. The summed E-state index contributed by atoms with van der Waals surface area (Å²) in [6.45, 7) is 0. The number of rotatable bonds is 2. The second-order valence-corrected chi connectivity index (χ2v) is 0.475. The molecule has 1 N–H and O–H groups in total. The van der Waals surface area contributed by atoms with Gasteiger partial charge in [0.05, 0.1) is 0 Å². The quantitative estimate of drug-likeness (QED) is 0.362. The molecule has 0 fully saturated rings. The van der Waals surface area contributed by atoms with Crippen molar-refractivity contribution >= 4 is 0 Å². The molecule has 0 spiro atoms. The van der Waals surface area contributed by atoms with E-state index in [-0.39, 0.29) is 0 Å². The predicted octanol–water partition coefficient (Wildman–Crippen LogP) is 0.0530. The van der Waals surface area contributed by atoms with Gasteiger partial charge in [0.15, 0.2) is 0 Å². The summed E-state index contributed by atoms with van der Waals surface area (Å²) >= 11 is 2.44. The zero-order valence-corrected chi connectivity index (χ0v) is 3.49. The van der Waals surface area contributed by atoms with Crippen molar-refractivity contribution in [3.8, 4) is 0 Å². The molecule has 0 amide bonds. The van der Waals surface area contributed by atoms with E-state index < -0.39 is 0 Å². The topological polar surface area (TPSA) is 51.0 Å². The van der Waals surface area contributed by atoms with E-state index in [0.29, 0.717) is 0 Å². The van der Waals surface area contributed by atoms with Crippen LogP contribution >= 0.6 is 0 Å². The number of hydrogen-bond acceptors (Lipinski definition) is 4. The van der Waals surface area contributed by atoms with E-state index in [2.05, 4.69) is 34.4 Å². The molecule has 0 radical (unpaired) electrons. The van der Waals surface area contributed by atoms with E-state index in [1.807, 2.05) is 0 Å². The summed E-state index contributed by atoms with van der Waals surface area (Å²) in [5.41, 5.74) is 0. The minimum atomic E-state index is 2.44. The Balaban J connectivity index is 2.40. The molecule has 5 heavy (non-hydrogen) atoms. The van der Waals surface area contributed by atoms with Crippen molar-refractivity contribution in [1.29, 1.82) is 0 Å². The van der Waals surface area contributed by atoms with Crippen LogP contribution < -0.4 is 0 Å². The van der Waals surface area contributed by atoms with E-state index >= 15 is 0 Å². The zero-order chi connectivity index (χ0) is 4.12. The molecule has 0 atom stereocenters. The molecule has 0 heterocycles. The van der Waals surface area contributed by atoms with Gasteiger partial charge in [-0.1, -0.05) is 0 Å². The predicted molar refractivity (Wildman–Crippen MR) is 7.23 cm³/mol. The maximum atomic E-state index is 7.22. The van der Waals surface area contributed by atoms with Gasteiger partial charge in [-0.3, -0.25) is 0 Å². The van der Waals surface area contributed by atoms with Crippen molar-refractivity contribution in [2.45, 2.75) is 0 Å². The summed E-state index contributed by atoms with van der Waals surface area (Å²) in [6.07, 6.45) is 0. The first-order valence-electron chi connectivity index (χ1n) is 0.667. The molecule has 35 valence electrons. The number of nitrogens with zero attached hydrogens (tertiary/aromatic N) is 1. The van der Waals surface area contributed by atoms with Crippen LogP contribution in [0.5, 0.6) is 0 Å². The van der Waals surface area contributed by atoms with Gasteiger partial charge >= 0.3 is 39.7 Å². The average Bonchev–Trinajstić information content (AvgIpc) is 1.41. The van der Waals surface area contributed by atoms with Crippen LogP contribution in [0, 0.1) is 0 Å². The monoisotopic (exact) mass is 170 g/mol. The summed E-state index contributed by atoms with van der Waals surface area (Å²) in [4.78, 5) is 3.43. The fourth-order valence-electron chi connectivity index (χ4n) is 0.0101. The van der Waals surface area contributed by atoms with Crippen LogP contribution in [0.25, 0.3) is 0 Å². The van der Waals surface area contributed by atoms with Crippen molar-refractivity contribution in [3.05, 3.63) is 0 Å². The molecule has 5 heteroatoms. The normalized spacial score (nSPS) is 7.80. The molecule has 0 aliphatic heterocycles. The van der Waals surface area contributed by atoms with Gasteiger partial charge in [0, 0.05) is 0 Å². The van der Waals surface area contributed by atoms with Crippen LogP contribution in [-0.4, -0.2) is 5.26 Å². The third-order valence-electron chi connectivity index (χ3n) is 0.0558. The van der Waals surface area contributed by atoms with E-state index in [0.717, 1.165) is 0 Å². The van der Waals surface area contributed by atoms with Crippen LogP contribution in [0.4, 0.5) is 0 Å². The van der Waals surface area contributed by atoms with Gasteiger partial charge in [0.25, 0.3) is 0 Å². The molecule has 0 aromatic heterocycles. The zero-order valence-electron chi connectivity index (χ0n) is 2.01. The third-order valence-corrected chi connectivity index (χ3v) is 0.166. The standard InChI is InChI=1S/Ag.HNO3/c;1-3-4-2/h;2H. The first-order valence-corrected chi connectivity index (χ1v) is 1.33. The Kier molecular flexibility index (Phi) is 4.79. The summed E-state index contributed by atoms with van der Waals surface area (Å²) in [7, 11) is 0. The molecule has 0 unspecified atom stereocenters. The fourth-order valence-corrected chi connectivity index (χ4v) is 0.0595. The Morgan fingerprint density at radius 2 is 2.40 bits per heavy atom. The van der Waals surface area contributed by atoms with Gasteiger partial charge in [-0.25, -0.2) is 0 Å². The van der Waals surface area contributed by atoms with Crippen molar-refractivity contribution in [3.63, 3.8) is 0 Å².